The molecule has 1 aromatic heterocycles. The lowest BCUT2D eigenvalue weighted by Gasteiger charge is -2.27. The van der Waals surface area contributed by atoms with Gasteiger partial charge in [-0.05, 0) is 64.3 Å². The molecule has 6 nitrogen and oxygen atoms in total. The lowest BCUT2D eigenvalue weighted by molar-refractivity contribution is -0.116. The van der Waals surface area contributed by atoms with Crippen LogP contribution in [0.5, 0.6) is 0 Å². The van der Waals surface area contributed by atoms with Gasteiger partial charge >= 0.3 is 6.09 Å². The Kier molecular flexibility index (Phi) is 8.19. The van der Waals surface area contributed by atoms with Crippen LogP contribution in [0.2, 0.25) is 0 Å². The zero-order valence-electron chi connectivity index (χ0n) is 17.8. The van der Waals surface area contributed by atoms with E-state index in [-0.39, 0.29) is 12.0 Å². The molecule has 0 atom stereocenters. The summed E-state index contributed by atoms with van der Waals surface area (Å²) in [4.78, 5) is 30.7. The Morgan fingerprint density at radius 3 is 2.48 bits per heavy atom. The van der Waals surface area contributed by atoms with Gasteiger partial charge in [0.1, 0.15) is 5.60 Å². The van der Waals surface area contributed by atoms with Crippen LogP contribution in [0, 0.1) is 0 Å². The molecule has 1 heterocycles. The monoisotopic (exact) mass is 397 g/mol. The molecule has 0 fully saturated rings. The van der Waals surface area contributed by atoms with E-state index in [9.17, 15) is 9.59 Å². The molecule has 6 heteroatoms. The van der Waals surface area contributed by atoms with Crippen molar-refractivity contribution in [2.24, 2.45) is 0 Å². The van der Waals surface area contributed by atoms with Crippen molar-refractivity contribution in [2.45, 2.75) is 59.1 Å². The zero-order valence-corrected chi connectivity index (χ0v) is 17.8. The highest BCUT2D eigenvalue weighted by Gasteiger charge is 2.22. The highest BCUT2D eigenvalue weighted by Crippen LogP contribution is 2.19. The number of carbonyl (C=O) groups is 2. The summed E-state index contributed by atoms with van der Waals surface area (Å²) in [5, 5.41) is 2.98. The van der Waals surface area contributed by atoms with Crippen molar-refractivity contribution in [2.75, 3.05) is 11.9 Å². The molecule has 2 aromatic rings. The lowest BCUT2D eigenvalue weighted by atomic mass is 10.1. The molecule has 29 heavy (non-hydrogen) atoms. The van der Waals surface area contributed by atoms with Gasteiger partial charge in [-0.1, -0.05) is 24.3 Å². The van der Waals surface area contributed by atoms with E-state index in [1.807, 2.05) is 70.2 Å². The Bertz CT molecular complexity index is 801. The zero-order chi connectivity index (χ0) is 21.3. The summed E-state index contributed by atoms with van der Waals surface area (Å²) in [6, 6.07) is 13.3. The van der Waals surface area contributed by atoms with Crippen LogP contribution in [0.25, 0.3) is 0 Å². The van der Waals surface area contributed by atoms with Gasteiger partial charge in [-0.25, -0.2) is 4.79 Å². The van der Waals surface area contributed by atoms with E-state index < -0.39 is 5.60 Å². The van der Waals surface area contributed by atoms with Crippen LogP contribution in [0.1, 0.15) is 51.8 Å². The number of nitrogens with zero attached hydrogens (tertiary/aromatic N) is 2. The molecule has 156 valence electrons. The predicted molar refractivity (Wildman–Crippen MR) is 115 cm³/mol. The molecule has 0 saturated carbocycles. The summed E-state index contributed by atoms with van der Waals surface area (Å²) in [5.74, 6) is -0.0475. The van der Waals surface area contributed by atoms with E-state index in [0.29, 0.717) is 19.5 Å². The summed E-state index contributed by atoms with van der Waals surface area (Å²) in [6.07, 6.45) is 3.29. The standard InChI is InChI=1S/C23H31N3O3/c1-5-26(22(28)29-23(2,3)4)17-18-11-6-7-14-20(18)25-21(27)15-10-13-19-12-8-9-16-24-19/h6-9,11-12,14,16H,5,10,13,15,17H2,1-4H3,(H,25,27). The van der Waals surface area contributed by atoms with Gasteiger partial charge in [-0.2, -0.15) is 0 Å². The van der Waals surface area contributed by atoms with E-state index in [4.69, 9.17) is 4.74 Å². The van der Waals surface area contributed by atoms with Gasteiger partial charge in [0.2, 0.25) is 5.91 Å². The fraction of sp³-hybridized carbons (Fsp3) is 0.435. The number of ether oxygens (including phenoxy) is 1. The number of nitrogens with one attached hydrogen (secondary N) is 1. The minimum absolute atomic E-state index is 0.0475. The van der Waals surface area contributed by atoms with Crippen molar-refractivity contribution < 1.29 is 14.3 Å². The van der Waals surface area contributed by atoms with Crippen molar-refractivity contribution in [3.8, 4) is 0 Å². The van der Waals surface area contributed by atoms with Crippen molar-refractivity contribution in [3.63, 3.8) is 0 Å². The molecule has 0 spiro atoms. The number of carbonyl (C=O) groups excluding carboxylic acids is 2. The number of para-hydroxylation sites is 1. The summed E-state index contributed by atoms with van der Waals surface area (Å²) in [7, 11) is 0. The van der Waals surface area contributed by atoms with Crippen LogP contribution in [0.4, 0.5) is 10.5 Å². The number of amides is 2. The van der Waals surface area contributed by atoms with Crippen LogP contribution in [0.3, 0.4) is 0 Å². The molecular formula is C23H31N3O3. The summed E-state index contributed by atoms with van der Waals surface area (Å²) in [6.45, 7) is 8.33. The van der Waals surface area contributed by atoms with E-state index in [1.54, 1.807) is 11.1 Å². The lowest BCUT2D eigenvalue weighted by Crippen LogP contribution is -2.36. The second kappa shape index (κ2) is 10.6. The van der Waals surface area contributed by atoms with Crippen LogP contribution >= 0.6 is 0 Å². The minimum atomic E-state index is -0.550. The second-order valence-corrected chi connectivity index (χ2v) is 7.87. The van der Waals surface area contributed by atoms with Crippen molar-refractivity contribution in [1.29, 1.82) is 0 Å². The van der Waals surface area contributed by atoms with Crippen LogP contribution in [0.15, 0.2) is 48.7 Å². The average Bonchev–Trinajstić information content (AvgIpc) is 2.66. The number of pyridine rings is 1. The molecule has 2 rings (SSSR count). The molecule has 0 radical (unpaired) electrons. The first kappa shape index (κ1) is 22.4. The number of hydrogen-bond acceptors (Lipinski definition) is 4. The maximum atomic E-state index is 12.4. The molecule has 0 aliphatic carbocycles. The molecule has 1 N–H and O–H groups in total. The van der Waals surface area contributed by atoms with Gasteiger partial charge in [-0.15, -0.1) is 0 Å². The molecule has 0 aliphatic heterocycles. The molecule has 2 amide bonds. The summed E-state index contributed by atoms with van der Waals surface area (Å²) < 4.78 is 5.47. The predicted octanol–water partition coefficient (Wildman–Crippen LogP) is 4.80. The first-order chi connectivity index (χ1) is 13.8. The van der Waals surface area contributed by atoms with Gasteiger partial charge < -0.3 is 15.0 Å². The van der Waals surface area contributed by atoms with Gasteiger partial charge in [0.15, 0.2) is 0 Å². The highest BCUT2D eigenvalue weighted by molar-refractivity contribution is 5.91. The number of rotatable bonds is 8. The largest absolute Gasteiger partial charge is 0.444 e. The first-order valence-corrected chi connectivity index (χ1v) is 10.0. The Hall–Kier alpha value is -2.89. The Morgan fingerprint density at radius 1 is 1.10 bits per heavy atom. The quantitative estimate of drug-likeness (QED) is 0.694. The topological polar surface area (TPSA) is 71.5 Å². The summed E-state index contributed by atoms with van der Waals surface area (Å²) >= 11 is 0. The highest BCUT2D eigenvalue weighted by atomic mass is 16.6. The normalized spacial score (nSPS) is 11.0. The van der Waals surface area contributed by atoms with E-state index >= 15 is 0 Å². The van der Waals surface area contributed by atoms with Gasteiger partial charge in [-0.3, -0.25) is 9.78 Å². The number of aryl methyl sites for hydroxylation is 1. The number of aromatic nitrogens is 1. The van der Waals surface area contributed by atoms with Gasteiger partial charge in [0, 0.05) is 30.5 Å². The maximum Gasteiger partial charge on any atom is 0.410 e. The fourth-order valence-electron chi connectivity index (χ4n) is 2.81. The molecule has 1 aromatic carbocycles. The van der Waals surface area contributed by atoms with Gasteiger partial charge in [0.05, 0.1) is 6.54 Å². The third-order valence-electron chi connectivity index (χ3n) is 4.25. The van der Waals surface area contributed by atoms with E-state index in [0.717, 1.165) is 29.8 Å². The minimum Gasteiger partial charge on any atom is -0.444 e. The Morgan fingerprint density at radius 2 is 1.83 bits per heavy atom. The first-order valence-electron chi connectivity index (χ1n) is 10.0. The maximum absolute atomic E-state index is 12.4. The van der Waals surface area contributed by atoms with Crippen LogP contribution < -0.4 is 5.32 Å². The van der Waals surface area contributed by atoms with Crippen molar-refractivity contribution in [1.82, 2.24) is 9.88 Å². The molecule has 0 saturated heterocycles. The molecule has 0 bridgehead atoms. The van der Waals surface area contributed by atoms with Gasteiger partial charge in [0.25, 0.3) is 0 Å². The Balaban J connectivity index is 1.94. The number of anilines is 1. The smallest absolute Gasteiger partial charge is 0.410 e. The third kappa shape index (κ3) is 7.94. The molecule has 0 unspecified atom stereocenters. The van der Waals surface area contributed by atoms with Crippen molar-refractivity contribution in [3.05, 3.63) is 59.9 Å². The Labute approximate surface area is 173 Å². The van der Waals surface area contributed by atoms with E-state index in [1.165, 1.54) is 0 Å². The van der Waals surface area contributed by atoms with Crippen LogP contribution in [-0.2, 0) is 22.5 Å². The second-order valence-electron chi connectivity index (χ2n) is 7.87. The van der Waals surface area contributed by atoms with Crippen molar-refractivity contribution >= 4 is 17.7 Å². The summed E-state index contributed by atoms with van der Waals surface area (Å²) in [5.41, 5.74) is 2.03. The average molecular weight is 398 g/mol. The van der Waals surface area contributed by atoms with E-state index in [2.05, 4.69) is 10.3 Å². The molecule has 0 aliphatic rings. The third-order valence-corrected chi connectivity index (χ3v) is 4.25. The van der Waals surface area contributed by atoms with Crippen LogP contribution in [-0.4, -0.2) is 34.0 Å². The fourth-order valence-corrected chi connectivity index (χ4v) is 2.81. The number of benzene rings is 1. The number of hydrogen-bond donors (Lipinski definition) is 1. The molecular weight excluding hydrogens is 366 g/mol. The SMILES string of the molecule is CCN(Cc1ccccc1NC(=O)CCCc1ccccn1)C(=O)OC(C)(C)C.